The minimum absolute atomic E-state index is 0. The van der Waals surface area contributed by atoms with Crippen LogP contribution < -0.4 is 11.1 Å². The third-order valence-electron chi connectivity index (χ3n) is 4.59. The van der Waals surface area contributed by atoms with Gasteiger partial charge in [-0.1, -0.05) is 27.2 Å². The molecule has 2 unspecified atom stereocenters. The maximum absolute atomic E-state index is 12.5. The van der Waals surface area contributed by atoms with Gasteiger partial charge in [0.2, 0.25) is 5.91 Å². The van der Waals surface area contributed by atoms with Gasteiger partial charge in [0.1, 0.15) is 0 Å². The average molecular weight is 323 g/mol. The van der Waals surface area contributed by atoms with E-state index in [9.17, 15) is 4.79 Å². The number of carbonyl (C=O) groups excluding carboxylic acids is 1. The summed E-state index contributed by atoms with van der Waals surface area (Å²) in [4.78, 5) is 12.5. The van der Waals surface area contributed by atoms with Crippen molar-refractivity contribution in [3.05, 3.63) is 0 Å². The number of thioether (sulfide) groups is 1. The normalized spacial score (nSPS) is 23.0. The summed E-state index contributed by atoms with van der Waals surface area (Å²) in [6.07, 6.45) is 6.43. The molecule has 0 heterocycles. The quantitative estimate of drug-likeness (QED) is 0.755. The summed E-state index contributed by atoms with van der Waals surface area (Å²) in [6, 6.07) is 0.356. The van der Waals surface area contributed by atoms with E-state index in [1.54, 1.807) is 0 Å². The monoisotopic (exact) mass is 322 g/mol. The molecule has 0 aromatic rings. The number of halogens is 1. The van der Waals surface area contributed by atoms with Gasteiger partial charge in [0.15, 0.2) is 0 Å². The van der Waals surface area contributed by atoms with Gasteiger partial charge >= 0.3 is 0 Å². The number of hydrogen-bond donors (Lipinski definition) is 2. The summed E-state index contributed by atoms with van der Waals surface area (Å²) in [5.74, 6) is 1.34. The highest BCUT2D eigenvalue weighted by Gasteiger charge is 2.35. The Hall–Kier alpha value is 0.0700. The summed E-state index contributed by atoms with van der Waals surface area (Å²) >= 11 is 2.03. The molecule has 2 atom stereocenters. The van der Waals surface area contributed by atoms with Gasteiger partial charge in [0.05, 0.1) is 5.41 Å². The van der Waals surface area contributed by atoms with Crippen molar-refractivity contribution in [2.75, 3.05) is 12.3 Å². The Kier molecular flexibility index (Phi) is 9.94. The maximum atomic E-state index is 12.5. The van der Waals surface area contributed by atoms with E-state index in [0.717, 1.165) is 30.9 Å². The summed E-state index contributed by atoms with van der Waals surface area (Å²) < 4.78 is 0. The van der Waals surface area contributed by atoms with E-state index in [-0.39, 0.29) is 23.7 Å². The second kappa shape index (κ2) is 9.91. The fourth-order valence-electron chi connectivity index (χ4n) is 2.95. The van der Waals surface area contributed by atoms with Crippen LogP contribution in [0, 0.1) is 5.41 Å². The molecule has 0 saturated heterocycles. The first-order chi connectivity index (χ1) is 9.11. The highest BCUT2D eigenvalue weighted by atomic mass is 35.5. The second-order valence-corrected chi connectivity index (χ2v) is 7.18. The molecular weight excluding hydrogens is 292 g/mol. The van der Waals surface area contributed by atoms with E-state index in [2.05, 4.69) is 26.1 Å². The lowest BCUT2D eigenvalue weighted by molar-refractivity contribution is -0.132. The van der Waals surface area contributed by atoms with Gasteiger partial charge in [-0.05, 0) is 37.9 Å². The van der Waals surface area contributed by atoms with E-state index in [0.29, 0.717) is 12.6 Å². The van der Waals surface area contributed by atoms with Crippen molar-refractivity contribution in [3.8, 4) is 0 Å². The maximum Gasteiger partial charge on any atom is 0.227 e. The molecule has 1 amide bonds. The molecule has 0 bridgehead atoms. The van der Waals surface area contributed by atoms with E-state index in [1.807, 2.05) is 11.8 Å². The zero-order chi connectivity index (χ0) is 14.3. The molecule has 0 spiro atoms. The van der Waals surface area contributed by atoms with Gasteiger partial charge in [-0.15, -0.1) is 12.4 Å². The smallest absolute Gasteiger partial charge is 0.227 e. The van der Waals surface area contributed by atoms with E-state index in [4.69, 9.17) is 5.73 Å². The Morgan fingerprint density at radius 3 is 2.45 bits per heavy atom. The number of rotatable bonds is 7. The van der Waals surface area contributed by atoms with E-state index >= 15 is 0 Å². The van der Waals surface area contributed by atoms with Gasteiger partial charge in [-0.25, -0.2) is 0 Å². The Bertz CT molecular complexity index is 275. The summed E-state index contributed by atoms with van der Waals surface area (Å²) in [5, 5.41) is 3.99. The molecule has 1 aliphatic rings. The SMILES string of the molecule is CCSC1CCCC(NC(=O)C(CC)(CC)CN)C1.Cl. The van der Waals surface area contributed by atoms with Crippen LogP contribution >= 0.6 is 24.2 Å². The lowest BCUT2D eigenvalue weighted by Gasteiger charge is -2.34. The number of nitrogens with two attached hydrogens (primary N) is 1. The first kappa shape index (κ1) is 20.1. The van der Waals surface area contributed by atoms with Crippen LogP contribution in [0.3, 0.4) is 0 Å². The van der Waals surface area contributed by atoms with Gasteiger partial charge in [0, 0.05) is 17.8 Å². The zero-order valence-electron chi connectivity index (χ0n) is 13.1. The first-order valence-electron chi connectivity index (χ1n) is 7.74. The molecule has 1 saturated carbocycles. The average Bonchev–Trinajstić information content (AvgIpc) is 2.42. The largest absolute Gasteiger partial charge is 0.353 e. The molecule has 0 radical (unpaired) electrons. The minimum Gasteiger partial charge on any atom is -0.353 e. The van der Waals surface area contributed by atoms with Crippen molar-refractivity contribution in [2.24, 2.45) is 11.1 Å². The van der Waals surface area contributed by atoms with Gasteiger partial charge < -0.3 is 11.1 Å². The molecule has 20 heavy (non-hydrogen) atoms. The van der Waals surface area contributed by atoms with Crippen LogP contribution in [-0.4, -0.2) is 29.5 Å². The molecule has 120 valence electrons. The summed E-state index contributed by atoms with van der Waals surface area (Å²) in [5.41, 5.74) is 5.49. The highest BCUT2D eigenvalue weighted by molar-refractivity contribution is 7.99. The lowest BCUT2D eigenvalue weighted by atomic mass is 9.81. The van der Waals surface area contributed by atoms with Crippen molar-refractivity contribution in [1.29, 1.82) is 0 Å². The molecule has 3 N–H and O–H groups in total. The molecule has 0 aliphatic heterocycles. The van der Waals surface area contributed by atoms with Crippen molar-refractivity contribution >= 4 is 30.1 Å². The van der Waals surface area contributed by atoms with Crippen LogP contribution in [0.4, 0.5) is 0 Å². The third kappa shape index (κ3) is 5.12. The fraction of sp³-hybridized carbons (Fsp3) is 0.933. The number of carbonyl (C=O) groups is 1. The Morgan fingerprint density at radius 2 is 1.95 bits per heavy atom. The lowest BCUT2D eigenvalue weighted by Crippen LogP contribution is -2.50. The third-order valence-corrected chi connectivity index (χ3v) is 5.82. The number of amides is 1. The van der Waals surface area contributed by atoms with Crippen LogP contribution in [0.1, 0.15) is 59.3 Å². The summed E-state index contributed by atoms with van der Waals surface area (Å²) in [6.45, 7) is 6.78. The predicted octanol–water partition coefficient (Wildman–Crippen LogP) is 3.35. The Labute approximate surface area is 134 Å². The molecule has 1 fully saturated rings. The minimum atomic E-state index is -0.356. The zero-order valence-corrected chi connectivity index (χ0v) is 14.7. The molecule has 0 aromatic carbocycles. The van der Waals surface area contributed by atoms with Crippen LogP contribution in [0.25, 0.3) is 0 Å². The summed E-state index contributed by atoms with van der Waals surface area (Å²) in [7, 11) is 0. The van der Waals surface area contributed by atoms with Crippen molar-refractivity contribution in [1.82, 2.24) is 5.32 Å². The van der Waals surface area contributed by atoms with Crippen LogP contribution in [-0.2, 0) is 4.79 Å². The topological polar surface area (TPSA) is 55.1 Å². The standard InChI is InChI=1S/C15H30N2OS.ClH/c1-4-15(5-2,11-16)14(18)17-12-8-7-9-13(10-12)19-6-3;/h12-13H,4-11,16H2,1-3H3,(H,17,18);1H. The molecule has 1 rings (SSSR count). The second-order valence-electron chi connectivity index (χ2n) is 5.61. The number of hydrogen-bond acceptors (Lipinski definition) is 3. The fourth-order valence-corrected chi connectivity index (χ4v) is 4.13. The first-order valence-corrected chi connectivity index (χ1v) is 8.79. The van der Waals surface area contributed by atoms with Crippen LogP contribution in [0.5, 0.6) is 0 Å². The predicted molar refractivity (Wildman–Crippen MR) is 91.6 cm³/mol. The molecule has 5 heteroatoms. The van der Waals surface area contributed by atoms with Crippen molar-refractivity contribution in [2.45, 2.75) is 70.6 Å². The van der Waals surface area contributed by atoms with Gasteiger partial charge in [-0.2, -0.15) is 11.8 Å². The molecule has 0 aromatic heterocycles. The number of nitrogens with one attached hydrogen (secondary N) is 1. The van der Waals surface area contributed by atoms with Crippen molar-refractivity contribution in [3.63, 3.8) is 0 Å². The van der Waals surface area contributed by atoms with E-state index < -0.39 is 0 Å². The Balaban J connectivity index is 0.00000361. The molecule has 3 nitrogen and oxygen atoms in total. The van der Waals surface area contributed by atoms with Gasteiger partial charge in [-0.3, -0.25) is 4.79 Å². The highest BCUT2D eigenvalue weighted by Crippen LogP contribution is 2.30. The van der Waals surface area contributed by atoms with Crippen molar-refractivity contribution < 1.29 is 4.79 Å². The molecule has 1 aliphatic carbocycles. The van der Waals surface area contributed by atoms with E-state index in [1.165, 1.54) is 18.6 Å². The van der Waals surface area contributed by atoms with Crippen LogP contribution in [0.2, 0.25) is 0 Å². The van der Waals surface area contributed by atoms with Gasteiger partial charge in [0.25, 0.3) is 0 Å². The Morgan fingerprint density at radius 1 is 1.30 bits per heavy atom. The van der Waals surface area contributed by atoms with Crippen LogP contribution in [0.15, 0.2) is 0 Å². The molecular formula is C15H31ClN2OS.